The molecule has 1 heterocycles. The summed E-state index contributed by atoms with van der Waals surface area (Å²) in [6.45, 7) is 3.99. The van der Waals surface area contributed by atoms with Gasteiger partial charge in [0.15, 0.2) is 0 Å². The summed E-state index contributed by atoms with van der Waals surface area (Å²) in [4.78, 5) is 19.4. The lowest BCUT2D eigenvalue weighted by atomic mass is 10.3. The molecule has 1 amide bonds. The number of amides is 1. The molecule has 1 rings (SSSR count). The highest BCUT2D eigenvalue weighted by Gasteiger charge is 2.09. The molecule has 1 atom stereocenters. The molecule has 0 aliphatic rings. The Labute approximate surface area is 94.9 Å². The van der Waals surface area contributed by atoms with E-state index in [2.05, 4.69) is 15.3 Å². The molecule has 15 heavy (non-hydrogen) atoms. The second-order valence-electron chi connectivity index (χ2n) is 3.10. The van der Waals surface area contributed by atoms with E-state index in [9.17, 15) is 4.79 Å². The monoisotopic (exact) mass is 230 g/mol. The first kappa shape index (κ1) is 13.8. The van der Waals surface area contributed by atoms with Crippen LogP contribution in [0.15, 0.2) is 12.3 Å². The molecule has 0 spiro atoms. The van der Waals surface area contributed by atoms with Gasteiger partial charge in [0.1, 0.15) is 11.5 Å². The predicted molar refractivity (Wildman–Crippen MR) is 60.0 cm³/mol. The lowest BCUT2D eigenvalue weighted by Crippen LogP contribution is -2.38. The van der Waals surface area contributed by atoms with Gasteiger partial charge in [0.25, 0.3) is 5.91 Å². The van der Waals surface area contributed by atoms with Gasteiger partial charge in [0, 0.05) is 18.8 Å². The van der Waals surface area contributed by atoms with Crippen molar-refractivity contribution in [3.8, 4) is 0 Å². The number of carbonyl (C=O) groups is 1. The first-order chi connectivity index (χ1) is 6.63. The van der Waals surface area contributed by atoms with Gasteiger partial charge in [-0.3, -0.25) is 4.79 Å². The maximum Gasteiger partial charge on any atom is 0.270 e. The minimum atomic E-state index is -0.214. The fourth-order valence-electron chi connectivity index (χ4n) is 0.939. The molecule has 0 aliphatic heterocycles. The van der Waals surface area contributed by atoms with Crippen molar-refractivity contribution in [1.82, 2.24) is 15.3 Å². The Bertz CT molecular complexity index is 332. The molecule has 0 aliphatic carbocycles. The van der Waals surface area contributed by atoms with Crippen LogP contribution in [-0.4, -0.2) is 28.5 Å². The Morgan fingerprint density at radius 2 is 2.33 bits per heavy atom. The Kier molecular flexibility index (Phi) is 5.81. The summed E-state index contributed by atoms with van der Waals surface area (Å²) in [5.74, 6) is 0.367. The van der Waals surface area contributed by atoms with E-state index in [1.807, 2.05) is 6.92 Å². The molecule has 1 aromatic heterocycles. The second-order valence-corrected chi connectivity index (χ2v) is 3.10. The van der Waals surface area contributed by atoms with Gasteiger partial charge in [-0.1, -0.05) is 0 Å². The molecule has 6 heteroatoms. The van der Waals surface area contributed by atoms with E-state index in [0.29, 0.717) is 18.1 Å². The zero-order valence-corrected chi connectivity index (χ0v) is 9.54. The molecule has 0 aromatic carbocycles. The Morgan fingerprint density at radius 1 is 1.67 bits per heavy atom. The van der Waals surface area contributed by atoms with E-state index in [0.717, 1.165) is 0 Å². The largest absolute Gasteiger partial charge is 0.347 e. The van der Waals surface area contributed by atoms with Crippen molar-refractivity contribution in [1.29, 1.82) is 0 Å². The van der Waals surface area contributed by atoms with Crippen LogP contribution in [0.2, 0.25) is 0 Å². The van der Waals surface area contributed by atoms with Crippen LogP contribution in [0.5, 0.6) is 0 Å². The van der Waals surface area contributed by atoms with E-state index in [-0.39, 0.29) is 24.4 Å². The molecule has 84 valence electrons. The zero-order chi connectivity index (χ0) is 10.6. The molecule has 3 N–H and O–H groups in total. The molecule has 0 unspecified atom stereocenters. The number of aryl methyl sites for hydroxylation is 1. The number of nitrogens with two attached hydrogens (primary N) is 1. The summed E-state index contributed by atoms with van der Waals surface area (Å²) in [6.07, 6.45) is 1.56. The molecule has 0 saturated heterocycles. The highest BCUT2D eigenvalue weighted by atomic mass is 35.5. The molecule has 1 aromatic rings. The number of halogens is 1. The third-order valence-electron chi connectivity index (χ3n) is 1.74. The number of nitrogens with one attached hydrogen (secondary N) is 1. The summed E-state index contributed by atoms with van der Waals surface area (Å²) >= 11 is 0. The van der Waals surface area contributed by atoms with Crippen LogP contribution in [0.25, 0.3) is 0 Å². The molecular weight excluding hydrogens is 216 g/mol. The van der Waals surface area contributed by atoms with Crippen molar-refractivity contribution in [2.75, 3.05) is 6.54 Å². The predicted octanol–water partition coefficient (Wildman–Crippen LogP) is 0.284. The Balaban J connectivity index is 0.00000196. The smallest absolute Gasteiger partial charge is 0.270 e. The van der Waals surface area contributed by atoms with Gasteiger partial charge in [-0.15, -0.1) is 12.4 Å². The van der Waals surface area contributed by atoms with Gasteiger partial charge in [0.2, 0.25) is 0 Å². The van der Waals surface area contributed by atoms with Crippen LogP contribution in [0, 0.1) is 6.92 Å². The summed E-state index contributed by atoms with van der Waals surface area (Å²) in [5.41, 5.74) is 5.75. The highest BCUT2D eigenvalue weighted by molar-refractivity contribution is 5.92. The first-order valence-electron chi connectivity index (χ1n) is 4.44. The van der Waals surface area contributed by atoms with Crippen LogP contribution < -0.4 is 11.1 Å². The Hall–Kier alpha value is -1.20. The number of aromatic nitrogens is 2. The van der Waals surface area contributed by atoms with Crippen LogP contribution >= 0.6 is 12.4 Å². The van der Waals surface area contributed by atoms with Gasteiger partial charge in [-0.05, 0) is 19.9 Å². The van der Waals surface area contributed by atoms with Gasteiger partial charge < -0.3 is 11.1 Å². The molecular formula is C9H15ClN4O. The van der Waals surface area contributed by atoms with E-state index in [1.165, 1.54) is 0 Å². The molecule has 0 saturated carbocycles. The SMILES string of the molecule is Cc1nccc(C(=O)N[C@@H](C)CN)n1.Cl. The lowest BCUT2D eigenvalue weighted by molar-refractivity contribution is 0.0936. The van der Waals surface area contributed by atoms with Crippen molar-refractivity contribution in [3.05, 3.63) is 23.8 Å². The third-order valence-corrected chi connectivity index (χ3v) is 1.74. The minimum absolute atomic E-state index is 0. The number of carbonyl (C=O) groups excluding carboxylic acids is 1. The molecule has 0 radical (unpaired) electrons. The van der Waals surface area contributed by atoms with Gasteiger partial charge in [-0.2, -0.15) is 0 Å². The van der Waals surface area contributed by atoms with Crippen molar-refractivity contribution < 1.29 is 4.79 Å². The minimum Gasteiger partial charge on any atom is -0.347 e. The van der Waals surface area contributed by atoms with E-state index >= 15 is 0 Å². The number of rotatable bonds is 3. The van der Waals surface area contributed by atoms with Crippen molar-refractivity contribution in [3.63, 3.8) is 0 Å². The number of hydrogen-bond donors (Lipinski definition) is 2. The Morgan fingerprint density at radius 3 is 2.87 bits per heavy atom. The van der Waals surface area contributed by atoms with E-state index in [1.54, 1.807) is 19.2 Å². The second kappa shape index (κ2) is 6.31. The van der Waals surface area contributed by atoms with Gasteiger partial charge in [-0.25, -0.2) is 9.97 Å². The standard InChI is InChI=1S/C9H14N4O.ClH/c1-6(5-10)12-9(14)8-3-4-11-7(2)13-8;/h3-4,6H,5,10H2,1-2H3,(H,12,14);1H/t6-;/m0./s1. The summed E-state index contributed by atoms with van der Waals surface area (Å²) in [6, 6.07) is 1.53. The number of nitrogens with zero attached hydrogens (tertiary/aromatic N) is 2. The van der Waals surface area contributed by atoms with Crippen LogP contribution in [0.3, 0.4) is 0 Å². The van der Waals surface area contributed by atoms with Crippen LogP contribution in [0.1, 0.15) is 23.2 Å². The summed E-state index contributed by atoms with van der Waals surface area (Å²) < 4.78 is 0. The van der Waals surface area contributed by atoms with Crippen LogP contribution in [0.4, 0.5) is 0 Å². The fourth-order valence-corrected chi connectivity index (χ4v) is 0.939. The van der Waals surface area contributed by atoms with Gasteiger partial charge in [0.05, 0.1) is 0 Å². The fraction of sp³-hybridized carbons (Fsp3) is 0.444. The number of hydrogen-bond acceptors (Lipinski definition) is 4. The zero-order valence-electron chi connectivity index (χ0n) is 8.73. The maximum atomic E-state index is 11.5. The van der Waals surface area contributed by atoms with Crippen molar-refractivity contribution >= 4 is 18.3 Å². The van der Waals surface area contributed by atoms with E-state index in [4.69, 9.17) is 5.73 Å². The van der Waals surface area contributed by atoms with Crippen LogP contribution in [-0.2, 0) is 0 Å². The van der Waals surface area contributed by atoms with E-state index < -0.39 is 0 Å². The molecule has 5 nitrogen and oxygen atoms in total. The summed E-state index contributed by atoms with van der Waals surface area (Å²) in [7, 11) is 0. The lowest BCUT2D eigenvalue weighted by Gasteiger charge is -2.10. The topological polar surface area (TPSA) is 80.9 Å². The van der Waals surface area contributed by atoms with Crippen molar-refractivity contribution in [2.24, 2.45) is 5.73 Å². The van der Waals surface area contributed by atoms with Gasteiger partial charge >= 0.3 is 0 Å². The first-order valence-corrected chi connectivity index (χ1v) is 4.44. The van der Waals surface area contributed by atoms with Crippen molar-refractivity contribution in [2.45, 2.75) is 19.9 Å². The highest BCUT2D eigenvalue weighted by Crippen LogP contribution is 1.95. The maximum absolute atomic E-state index is 11.5. The molecule has 0 bridgehead atoms. The third kappa shape index (κ3) is 4.22. The summed E-state index contributed by atoms with van der Waals surface area (Å²) in [5, 5.41) is 2.72. The quantitative estimate of drug-likeness (QED) is 0.782. The molecule has 0 fully saturated rings. The average molecular weight is 231 g/mol. The normalized spacial score (nSPS) is 11.4. The average Bonchev–Trinajstić information content (AvgIpc) is 2.17.